The number of amides is 1. The molecule has 1 aromatic heterocycles. The lowest BCUT2D eigenvalue weighted by Gasteiger charge is -2.37. The van der Waals surface area contributed by atoms with Crippen LogP contribution in [0.25, 0.3) is 22.4 Å². The SMILES string of the molecule is CC(C)c1c(C(=O)Nc2ccccc2)c(-c2ccccc2)c(-c2ccc(F)cc2)n1CC[C@H](O)CC(=O)O[C@H](c1ccccc1)C(O)(c1ccccc1)c1ccccc1. The van der Waals surface area contributed by atoms with Crippen molar-refractivity contribution < 1.29 is 28.9 Å². The van der Waals surface area contributed by atoms with Crippen molar-refractivity contribution in [3.05, 3.63) is 210 Å². The molecule has 2 atom stereocenters. The molecule has 7 aromatic rings. The van der Waals surface area contributed by atoms with Crippen LogP contribution in [0.1, 0.15) is 71.5 Å². The highest BCUT2D eigenvalue weighted by molar-refractivity contribution is 6.12. The molecule has 3 N–H and O–H groups in total. The maximum atomic E-state index is 14.5. The molecule has 0 aliphatic rings. The van der Waals surface area contributed by atoms with Crippen LogP contribution in [0.15, 0.2) is 176 Å². The summed E-state index contributed by atoms with van der Waals surface area (Å²) in [5.41, 5.74) is 4.57. The Bertz CT molecular complexity index is 2420. The molecule has 0 aliphatic carbocycles. The number of nitrogens with one attached hydrogen (secondary N) is 1. The molecule has 0 spiro atoms. The minimum atomic E-state index is -1.77. The number of rotatable bonds is 15. The number of carbonyl (C=O) groups excluding carboxylic acids is 2. The molecule has 0 unspecified atom stereocenters. The van der Waals surface area contributed by atoms with E-state index in [4.69, 9.17) is 4.74 Å². The first kappa shape index (κ1) is 40.6. The van der Waals surface area contributed by atoms with Crippen molar-refractivity contribution in [1.29, 1.82) is 0 Å². The number of ether oxygens (including phenoxy) is 1. The summed E-state index contributed by atoms with van der Waals surface area (Å²) in [6.07, 6.45) is -2.57. The second-order valence-corrected chi connectivity index (χ2v) is 14.9. The molecule has 0 fully saturated rings. The van der Waals surface area contributed by atoms with Crippen LogP contribution in [0.2, 0.25) is 0 Å². The second kappa shape index (κ2) is 18.3. The number of hydrogen-bond acceptors (Lipinski definition) is 5. The van der Waals surface area contributed by atoms with Gasteiger partial charge in [-0.05, 0) is 76.6 Å². The minimum Gasteiger partial charge on any atom is -0.454 e. The fourth-order valence-electron chi connectivity index (χ4n) is 7.84. The number of benzene rings is 6. The molecular formula is C51H47FN2O5. The predicted molar refractivity (Wildman–Crippen MR) is 230 cm³/mol. The van der Waals surface area contributed by atoms with Crippen molar-refractivity contribution in [3.63, 3.8) is 0 Å². The third-order valence-corrected chi connectivity index (χ3v) is 10.5. The highest BCUT2D eigenvalue weighted by atomic mass is 19.1. The summed E-state index contributed by atoms with van der Waals surface area (Å²) in [5.74, 6) is -1.56. The van der Waals surface area contributed by atoms with Gasteiger partial charge < -0.3 is 24.8 Å². The van der Waals surface area contributed by atoms with Gasteiger partial charge in [0.1, 0.15) is 5.82 Å². The van der Waals surface area contributed by atoms with Gasteiger partial charge in [-0.25, -0.2) is 4.39 Å². The number of aliphatic hydroxyl groups is 2. The Hall–Kier alpha value is -6.61. The quantitative estimate of drug-likeness (QED) is 0.0899. The summed E-state index contributed by atoms with van der Waals surface area (Å²) in [6, 6.07) is 52.3. The van der Waals surface area contributed by atoms with Crippen LogP contribution in [0.4, 0.5) is 10.1 Å². The van der Waals surface area contributed by atoms with Gasteiger partial charge in [0, 0.05) is 23.5 Å². The number of nitrogens with zero attached hydrogens (tertiary/aromatic N) is 1. The third kappa shape index (κ3) is 8.94. The molecule has 1 heterocycles. The maximum absolute atomic E-state index is 14.5. The van der Waals surface area contributed by atoms with E-state index in [2.05, 4.69) is 5.32 Å². The monoisotopic (exact) mass is 786 g/mol. The van der Waals surface area contributed by atoms with Crippen LogP contribution in [0.5, 0.6) is 0 Å². The number of hydrogen-bond donors (Lipinski definition) is 3. The van der Waals surface area contributed by atoms with E-state index in [1.165, 1.54) is 12.1 Å². The van der Waals surface area contributed by atoms with E-state index < -0.39 is 29.6 Å². The zero-order chi connectivity index (χ0) is 41.4. The smallest absolute Gasteiger partial charge is 0.309 e. The van der Waals surface area contributed by atoms with Gasteiger partial charge in [-0.2, -0.15) is 0 Å². The van der Waals surface area contributed by atoms with Gasteiger partial charge in [0.05, 0.1) is 23.8 Å². The van der Waals surface area contributed by atoms with E-state index in [0.29, 0.717) is 44.8 Å². The van der Waals surface area contributed by atoms with E-state index in [9.17, 15) is 24.2 Å². The average molecular weight is 787 g/mol. The van der Waals surface area contributed by atoms with Gasteiger partial charge in [0.15, 0.2) is 11.7 Å². The largest absolute Gasteiger partial charge is 0.454 e. The molecule has 298 valence electrons. The first-order valence-electron chi connectivity index (χ1n) is 19.8. The number of halogens is 1. The standard InChI is InChI=1S/C51H47FN2O5/c1-35(2)47-46(50(57)53-42-26-16-7-17-27-42)45(36-18-8-3-9-19-36)48(37-28-30-41(52)31-29-37)54(47)33-32-43(55)34-44(56)59-49(38-20-10-4-11-21-38)51(58,39-22-12-5-13-23-39)40-24-14-6-15-25-40/h3-31,35,43,49,55,58H,32-34H2,1-2H3,(H,53,57)/t43-,49+/m0/s1. The van der Waals surface area contributed by atoms with E-state index in [1.54, 1.807) is 48.5 Å². The molecule has 6 aromatic carbocycles. The van der Waals surface area contributed by atoms with Gasteiger partial charge in [-0.1, -0.05) is 153 Å². The molecule has 7 nitrogen and oxygen atoms in total. The predicted octanol–water partition coefficient (Wildman–Crippen LogP) is 10.7. The molecule has 0 saturated heterocycles. The highest BCUT2D eigenvalue weighted by Crippen LogP contribution is 2.45. The summed E-state index contributed by atoms with van der Waals surface area (Å²) >= 11 is 0. The summed E-state index contributed by atoms with van der Waals surface area (Å²) < 4.78 is 22.6. The molecule has 0 aliphatic heterocycles. The minimum absolute atomic E-state index is 0.114. The van der Waals surface area contributed by atoms with Gasteiger partial charge in [0.2, 0.25) is 0 Å². The third-order valence-electron chi connectivity index (χ3n) is 10.5. The molecule has 59 heavy (non-hydrogen) atoms. The van der Waals surface area contributed by atoms with Crippen molar-refractivity contribution in [2.24, 2.45) is 0 Å². The van der Waals surface area contributed by atoms with Crippen LogP contribution >= 0.6 is 0 Å². The highest BCUT2D eigenvalue weighted by Gasteiger charge is 2.44. The normalized spacial score (nSPS) is 12.5. The molecule has 0 bridgehead atoms. The number of aromatic nitrogens is 1. The molecule has 7 rings (SSSR count). The van der Waals surface area contributed by atoms with Crippen LogP contribution in [0, 0.1) is 5.82 Å². The van der Waals surface area contributed by atoms with Crippen LogP contribution in [0.3, 0.4) is 0 Å². The summed E-state index contributed by atoms with van der Waals surface area (Å²) in [4.78, 5) is 28.4. The van der Waals surface area contributed by atoms with Crippen molar-refractivity contribution in [2.45, 2.75) is 57.0 Å². The van der Waals surface area contributed by atoms with Crippen molar-refractivity contribution in [2.75, 3.05) is 5.32 Å². The summed E-state index contributed by atoms with van der Waals surface area (Å²) in [5, 5.41) is 27.4. The summed E-state index contributed by atoms with van der Waals surface area (Å²) in [6.45, 7) is 4.23. The molecular weight excluding hydrogens is 740 g/mol. The number of esters is 1. The second-order valence-electron chi connectivity index (χ2n) is 14.9. The van der Waals surface area contributed by atoms with E-state index in [0.717, 1.165) is 11.3 Å². The fourth-order valence-corrected chi connectivity index (χ4v) is 7.84. The van der Waals surface area contributed by atoms with Gasteiger partial charge in [-0.15, -0.1) is 0 Å². The average Bonchev–Trinajstić information content (AvgIpc) is 3.62. The Morgan fingerprint density at radius 2 is 1.20 bits per heavy atom. The molecule has 1 amide bonds. The van der Waals surface area contributed by atoms with Crippen molar-refractivity contribution in [1.82, 2.24) is 4.57 Å². The number of anilines is 1. The van der Waals surface area contributed by atoms with E-state index in [1.807, 2.05) is 134 Å². The summed E-state index contributed by atoms with van der Waals surface area (Å²) in [7, 11) is 0. The van der Waals surface area contributed by atoms with Crippen LogP contribution < -0.4 is 5.32 Å². The van der Waals surface area contributed by atoms with E-state index >= 15 is 0 Å². The zero-order valence-electron chi connectivity index (χ0n) is 33.0. The topological polar surface area (TPSA) is 101 Å². The number of aliphatic hydroxyl groups excluding tert-OH is 1. The maximum Gasteiger partial charge on any atom is 0.309 e. The number of carbonyl (C=O) groups is 2. The molecule has 0 saturated carbocycles. The van der Waals surface area contributed by atoms with Crippen molar-refractivity contribution >= 4 is 17.6 Å². The van der Waals surface area contributed by atoms with Gasteiger partial charge >= 0.3 is 5.97 Å². The Labute approximate surface area is 344 Å². The molecule has 0 radical (unpaired) electrons. The van der Waals surface area contributed by atoms with Crippen molar-refractivity contribution in [3.8, 4) is 22.4 Å². The van der Waals surface area contributed by atoms with Gasteiger partial charge in [-0.3, -0.25) is 9.59 Å². The first-order chi connectivity index (χ1) is 28.6. The van der Waals surface area contributed by atoms with Crippen LogP contribution in [-0.4, -0.2) is 32.8 Å². The lowest BCUT2D eigenvalue weighted by atomic mass is 9.79. The van der Waals surface area contributed by atoms with E-state index in [-0.39, 0.29) is 31.2 Å². The lowest BCUT2D eigenvalue weighted by Crippen LogP contribution is -2.38. The fraction of sp³-hybridized carbons (Fsp3) is 0.176. The van der Waals surface area contributed by atoms with Crippen LogP contribution in [-0.2, 0) is 21.7 Å². The molecule has 8 heteroatoms. The Kier molecular flexibility index (Phi) is 12.6. The Morgan fingerprint density at radius 1 is 0.695 bits per heavy atom. The number of para-hydroxylation sites is 1. The first-order valence-corrected chi connectivity index (χ1v) is 19.8. The lowest BCUT2D eigenvalue weighted by molar-refractivity contribution is -0.165. The van der Waals surface area contributed by atoms with Gasteiger partial charge in [0.25, 0.3) is 5.91 Å². The Balaban J connectivity index is 1.24. The zero-order valence-corrected chi connectivity index (χ0v) is 33.0. The Morgan fingerprint density at radius 3 is 1.75 bits per heavy atom.